The van der Waals surface area contributed by atoms with Crippen LogP contribution in [0.1, 0.15) is 26.5 Å². The second-order valence-corrected chi connectivity index (χ2v) is 5.15. The molecule has 15 heavy (non-hydrogen) atoms. The van der Waals surface area contributed by atoms with E-state index in [4.69, 9.17) is 4.74 Å². The smallest absolute Gasteiger partial charge is 0.312 e. The topological polar surface area (TPSA) is 39.2 Å². The van der Waals surface area contributed by atoms with E-state index < -0.39 is 5.60 Å². The lowest BCUT2D eigenvalue weighted by Crippen LogP contribution is -2.25. The molecule has 1 aromatic rings. The average molecular weight is 272 g/mol. The van der Waals surface area contributed by atoms with Crippen LogP contribution in [0.15, 0.2) is 22.8 Å². The molecule has 0 aliphatic carbocycles. The predicted molar refractivity (Wildman–Crippen MR) is 61.5 cm³/mol. The maximum Gasteiger partial charge on any atom is 0.312 e. The SMILES string of the molecule is CC(C)(C)OC(=O)Cc1ccc(Br)cn1. The molecule has 0 amide bonds. The van der Waals surface area contributed by atoms with Gasteiger partial charge in [0.2, 0.25) is 0 Å². The van der Waals surface area contributed by atoms with Crippen LogP contribution in [0.5, 0.6) is 0 Å². The molecule has 0 saturated heterocycles. The van der Waals surface area contributed by atoms with Crippen molar-refractivity contribution in [2.75, 3.05) is 0 Å². The quantitative estimate of drug-likeness (QED) is 0.777. The maximum absolute atomic E-state index is 11.4. The van der Waals surface area contributed by atoms with Gasteiger partial charge in [-0.05, 0) is 48.8 Å². The van der Waals surface area contributed by atoms with Gasteiger partial charge in [0.25, 0.3) is 0 Å². The minimum Gasteiger partial charge on any atom is -0.460 e. The highest BCUT2D eigenvalue weighted by molar-refractivity contribution is 9.10. The normalized spacial score (nSPS) is 11.2. The molecule has 82 valence electrons. The number of carbonyl (C=O) groups is 1. The summed E-state index contributed by atoms with van der Waals surface area (Å²) in [4.78, 5) is 15.5. The molecule has 0 aliphatic rings. The minimum atomic E-state index is -0.438. The van der Waals surface area contributed by atoms with Crippen molar-refractivity contribution in [2.24, 2.45) is 0 Å². The Bertz CT molecular complexity index is 341. The Balaban J connectivity index is 2.55. The molecule has 0 N–H and O–H groups in total. The summed E-state index contributed by atoms with van der Waals surface area (Å²) in [5.74, 6) is -0.252. The molecule has 0 saturated carbocycles. The first-order chi connectivity index (χ1) is 6.87. The number of hydrogen-bond acceptors (Lipinski definition) is 3. The molecule has 1 rings (SSSR count). The van der Waals surface area contributed by atoms with E-state index in [1.54, 1.807) is 12.3 Å². The molecule has 3 nitrogen and oxygen atoms in total. The molecule has 0 aliphatic heterocycles. The molecule has 0 radical (unpaired) electrons. The van der Waals surface area contributed by atoms with Gasteiger partial charge in [0.1, 0.15) is 5.60 Å². The van der Waals surface area contributed by atoms with E-state index in [1.807, 2.05) is 26.8 Å². The summed E-state index contributed by atoms with van der Waals surface area (Å²) >= 11 is 3.28. The van der Waals surface area contributed by atoms with Crippen LogP contribution < -0.4 is 0 Å². The van der Waals surface area contributed by atoms with Gasteiger partial charge in [-0.2, -0.15) is 0 Å². The van der Waals surface area contributed by atoms with Crippen molar-refractivity contribution in [3.05, 3.63) is 28.5 Å². The van der Waals surface area contributed by atoms with E-state index in [9.17, 15) is 4.79 Å². The summed E-state index contributed by atoms with van der Waals surface area (Å²) in [5, 5.41) is 0. The second-order valence-electron chi connectivity index (χ2n) is 4.23. The van der Waals surface area contributed by atoms with Gasteiger partial charge in [0.15, 0.2) is 0 Å². The summed E-state index contributed by atoms with van der Waals surface area (Å²) in [6, 6.07) is 3.65. The van der Waals surface area contributed by atoms with Crippen LogP contribution in [0.2, 0.25) is 0 Å². The van der Waals surface area contributed by atoms with Crippen molar-refractivity contribution in [1.29, 1.82) is 0 Å². The van der Waals surface area contributed by atoms with Crippen LogP contribution in [0, 0.1) is 0 Å². The van der Waals surface area contributed by atoms with Crippen LogP contribution in [0.4, 0.5) is 0 Å². The van der Waals surface area contributed by atoms with Crippen LogP contribution in [0.3, 0.4) is 0 Å². The van der Waals surface area contributed by atoms with E-state index in [1.165, 1.54) is 0 Å². The highest BCUT2D eigenvalue weighted by atomic mass is 79.9. The fourth-order valence-electron chi connectivity index (χ4n) is 1.04. The highest BCUT2D eigenvalue weighted by Gasteiger charge is 2.16. The number of esters is 1. The van der Waals surface area contributed by atoms with Gasteiger partial charge in [0, 0.05) is 10.7 Å². The second kappa shape index (κ2) is 4.75. The number of rotatable bonds is 2. The largest absolute Gasteiger partial charge is 0.460 e. The Morgan fingerprint density at radius 1 is 1.47 bits per heavy atom. The molecule has 1 heterocycles. The first-order valence-corrected chi connectivity index (χ1v) is 5.48. The molecule has 0 aromatic carbocycles. The molecular weight excluding hydrogens is 258 g/mol. The fourth-order valence-corrected chi connectivity index (χ4v) is 1.27. The van der Waals surface area contributed by atoms with Gasteiger partial charge in [-0.15, -0.1) is 0 Å². The van der Waals surface area contributed by atoms with Gasteiger partial charge >= 0.3 is 5.97 Å². The van der Waals surface area contributed by atoms with Crippen LogP contribution >= 0.6 is 15.9 Å². The zero-order valence-electron chi connectivity index (χ0n) is 9.08. The summed E-state index contributed by atoms with van der Waals surface area (Å²) in [6.45, 7) is 5.54. The highest BCUT2D eigenvalue weighted by Crippen LogP contribution is 2.11. The monoisotopic (exact) mass is 271 g/mol. The first kappa shape index (κ1) is 12.2. The van der Waals surface area contributed by atoms with Crippen LogP contribution in [-0.4, -0.2) is 16.6 Å². The van der Waals surface area contributed by atoms with E-state index in [2.05, 4.69) is 20.9 Å². The number of ether oxygens (including phenoxy) is 1. The number of nitrogens with zero attached hydrogens (tertiary/aromatic N) is 1. The zero-order chi connectivity index (χ0) is 11.5. The van der Waals surface area contributed by atoms with E-state index in [0.717, 1.165) is 4.47 Å². The Hall–Kier alpha value is -0.900. The van der Waals surface area contributed by atoms with Gasteiger partial charge in [-0.25, -0.2) is 0 Å². The zero-order valence-corrected chi connectivity index (χ0v) is 10.7. The molecule has 0 atom stereocenters. The van der Waals surface area contributed by atoms with Crippen molar-refractivity contribution in [3.8, 4) is 0 Å². The molecule has 4 heteroatoms. The molecule has 0 bridgehead atoms. The molecule has 0 fully saturated rings. The lowest BCUT2D eigenvalue weighted by Gasteiger charge is -2.19. The summed E-state index contributed by atoms with van der Waals surface area (Å²) < 4.78 is 6.08. The maximum atomic E-state index is 11.4. The summed E-state index contributed by atoms with van der Waals surface area (Å²) in [7, 11) is 0. The van der Waals surface area contributed by atoms with Crippen LogP contribution in [-0.2, 0) is 16.0 Å². The third-order valence-electron chi connectivity index (χ3n) is 1.53. The van der Waals surface area contributed by atoms with Crippen molar-refractivity contribution >= 4 is 21.9 Å². The Labute approximate surface area is 98.0 Å². The number of halogens is 1. The number of carbonyl (C=O) groups excluding carboxylic acids is 1. The number of pyridine rings is 1. The third kappa shape index (κ3) is 4.93. The number of aromatic nitrogens is 1. The van der Waals surface area contributed by atoms with Crippen molar-refractivity contribution in [1.82, 2.24) is 4.98 Å². The van der Waals surface area contributed by atoms with E-state index in [-0.39, 0.29) is 12.4 Å². The molecule has 0 spiro atoms. The summed E-state index contributed by atoms with van der Waals surface area (Å²) in [5.41, 5.74) is 0.277. The lowest BCUT2D eigenvalue weighted by molar-refractivity contribution is -0.153. The predicted octanol–water partition coefficient (Wildman–Crippen LogP) is 2.73. The molecule has 0 unspecified atom stereocenters. The molecular formula is C11H14BrNO2. The Morgan fingerprint density at radius 3 is 2.60 bits per heavy atom. The van der Waals surface area contributed by atoms with Crippen molar-refractivity contribution in [2.45, 2.75) is 32.8 Å². The van der Waals surface area contributed by atoms with E-state index >= 15 is 0 Å². The van der Waals surface area contributed by atoms with Gasteiger partial charge in [0.05, 0.1) is 12.1 Å². The van der Waals surface area contributed by atoms with Crippen molar-refractivity contribution in [3.63, 3.8) is 0 Å². The van der Waals surface area contributed by atoms with Gasteiger partial charge < -0.3 is 4.74 Å². The van der Waals surface area contributed by atoms with E-state index in [0.29, 0.717) is 5.69 Å². The average Bonchev–Trinajstić information content (AvgIpc) is 2.05. The minimum absolute atomic E-state index is 0.213. The van der Waals surface area contributed by atoms with Gasteiger partial charge in [-0.3, -0.25) is 9.78 Å². The fraction of sp³-hybridized carbons (Fsp3) is 0.455. The molecule has 1 aromatic heterocycles. The van der Waals surface area contributed by atoms with Gasteiger partial charge in [-0.1, -0.05) is 0 Å². The Morgan fingerprint density at radius 2 is 2.13 bits per heavy atom. The summed E-state index contributed by atoms with van der Waals surface area (Å²) in [6.07, 6.45) is 1.88. The van der Waals surface area contributed by atoms with Crippen molar-refractivity contribution < 1.29 is 9.53 Å². The number of hydrogen-bond donors (Lipinski definition) is 0. The Kier molecular flexibility index (Phi) is 3.85. The lowest BCUT2D eigenvalue weighted by atomic mass is 10.2. The standard InChI is InChI=1S/C11H14BrNO2/c1-11(2,3)15-10(14)6-9-5-4-8(12)7-13-9/h4-5,7H,6H2,1-3H3. The first-order valence-electron chi connectivity index (χ1n) is 4.69. The van der Waals surface area contributed by atoms with Crippen LogP contribution in [0.25, 0.3) is 0 Å². The third-order valence-corrected chi connectivity index (χ3v) is 2.00.